The third-order valence-electron chi connectivity index (χ3n) is 4.85. The number of carbonyl (C=O) groups is 2. The van der Waals surface area contributed by atoms with Gasteiger partial charge in [-0.25, -0.2) is 15.0 Å². The van der Waals surface area contributed by atoms with Gasteiger partial charge in [0.05, 0.1) is 5.69 Å². The zero-order valence-corrected chi connectivity index (χ0v) is 17.2. The quantitative estimate of drug-likeness (QED) is 0.431. The highest BCUT2D eigenvalue weighted by Gasteiger charge is 2.12. The van der Waals surface area contributed by atoms with Gasteiger partial charge in [-0.1, -0.05) is 6.07 Å². The summed E-state index contributed by atoms with van der Waals surface area (Å²) in [4.78, 5) is 36.7. The molecule has 158 valence electrons. The second kappa shape index (κ2) is 9.05. The summed E-state index contributed by atoms with van der Waals surface area (Å²) in [5.41, 5.74) is 9.91. The van der Waals surface area contributed by atoms with Crippen LogP contribution in [0.4, 0.5) is 17.2 Å². The van der Waals surface area contributed by atoms with Gasteiger partial charge in [0.25, 0.3) is 5.91 Å². The SMILES string of the molecule is Cc1ccc(C(=O)Nc2ccc(C(N)=O)cc2)cc1Nc1ncccc1-c1ccncn1. The Kier molecular flexibility index (Phi) is 5.85. The van der Waals surface area contributed by atoms with Crippen molar-refractivity contribution in [2.75, 3.05) is 10.6 Å². The Labute approximate surface area is 184 Å². The summed E-state index contributed by atoms with van der Waals surface area (Å²) < 4.78 is 0. The van der Waals surface area contributed by atoms with Crippen molar-refractivity contribution in [1.29, 1.82) is 0 Å². The van der Waals surface area contributed by atoms with Crippen molar-refractivity contribution in [3.63, 3.8) is 0 Å². The van der Waals surface area contributed by atoms with Gasteiger partial charge in [-0.05, 0) is 67.1 Å². The van der Waals surface area contributed by atoms with Crippen molar-refractivity contribution in [1.82, 2.24) is 15.0 Å². The highest BCUT2D eigenvalue weighted by molar-refractivity contribution is 6.05. The highest BCUT2D eigenvalue weighted by atomic mass is 16.2. The van der Waals surface area contributed by atoms with Gasteiger partial charge in [0.1, 0.15) is 12.1 Å². The minimum Gasteiger partial charge on any atom is -0.366 e. The number of carbonyl (C=O) groups excluding carboxylic acids is 2. The van der Waals surface area contributed by atoms with Crippen LogP contribution in [-0.2, 0) is 0 Å². The maximum atomic E-state index is 12.8. The Balaban J connectivity index is 1.57. The number of hydrogen-bond acceptors (Lipinski definition) is 6. The molecule has 32 heavy (non-hydrogen) atoms. The fourth-order valence-corrected chi connectivity index (χ4v) is 3.11. The average Bonchev–Trinajstić information content (AvgIpc) is 2.81. The molecular formula is C24H20N6O2. The Morgan fingerprint density at radius 1 is 0.906 bits per heavy atom. The molecule has 8 heteroatoms. The molecule has 0 radical (unpaired) electrons. The van der Waals surface area contributed by atoms with Crippen molar-refractivity contribution < 1.29 is 9.59 Å². The van der Waals surface area contributed by atoms with Crippen LogP contribution in [0.15, 0.2) is 79.4 Å². The van der Waals surface area contributed by atoms with Crippen LogP contribution in [0, 0.1) is 6.92 Å². The number of hydrogen-bond donors (Lipinski definition) is 3. The number of pyridine rings is 1. The van der Waals surface area contributed by atoms with Crippen molar-refractivity contribution in [2.45, 2.75) is 6.92 Å². The van der Waals surface area contributed by atoms with Gasteiger partial charge < -0.3 is 16.4 Å². The van der Waals surface area contributed by atoms with E-state index in [1.807, 2.05) is 31.2 Å². The maximum Gasteiger partial charge on any atom is 0.255 e. The minimum atomic E-state index is -0.520. The van der Waals surface area contributed by atoms with Gasteiger partial charge in [0, 0.05) is 40.5 Å². The molecule has 8 nitrogen and oxygen atoms in total. The van der Waals surface area contributed by atoms with Crippen molar-refractivity contribution in [3.05, 3.63) is 96.1 Å². The normalized spacial score (nSPS) is 10.4. The maximum absolute atomic E-state index is 12.8. The second-order valence-corrected chi connectivity index (χ2v) is 7.04. The Morgan fingerprint density at radius 3 is 2.41 bits per heavy atom. The molecule has 2 aromatic carbocycles. The third-order valence-corrected chi connectivity index (χ3v) is 4.85. The lowest BCUT2D eigenvalue weighted by atomic mass is 10.1. The van der Waals surface area contributed by atoms with E-state index in [1.54, 1.807) is 48.8 Å². The summed E-state index contributed by atoms with van der Waals surface area (Å²) in [6.45, 7) is 1.94. The fraction of sp³-hybridized carbons (Fsp3) is 0.0417. The van der Waals surface area contributed by atoms with E-state index in [4.69, 9.17) is 5.73 Å². The molecule has 0 fully saturated rings. The topological polar surface area (TPSA) is 123 Å². The average molecular weight is 424 g/mol. The molecule has 4 rings (SSSR count). The molecule has 4 N–H and O–H groups in total. The molecule has 0 saturated heterocycles. The van der Waals surface area contributed by atoms with Gasteiger partial charge in [-0.15, -0.1) is 0 Å². The monoisotopic (exact) mass is 424 g/mol. The molecule has 0 saturated carbocycles. The number of aromatic nitrogens is 3. The van der Waals surface area contributed by atoms with E-state index in [-0.39, 0.29) is 5.91 Å². The summed E-state index contributed by atoms with van der Waals surface area (Å²) in [7, 11) is 0. The highest BCUT2D eigenvalue weighted by Crippen LogP contribution is 2.28. The van der Waals surface area contributed by atoms with Crippen LogP contribution < -0.4 is 16.4 Å². The van der Waals surface area contributed by atoms with E-state index in [2.05, 4.69) is 25.6 Å². The Bertz CT molecular complexity index is 1270. The molecule has 0 aliphatic heterocycles. The van der Waals surface area contributed by atoms with E-state index < -0.39 is 5.91 Å². The van der Waals surface area contributed by atoms with Crippen LogP contribution in [-0.4, -0.2) is 26.8 Å². The van der Waals surface area contributed by atoms with Crippen LogP contribution in [0.2, 0.25) is 0 Å². The molecule has 0 aliphatic carbocycles. The van der Waals surface area contributed by atoms with Gasteiger partial charge in [-0.2, -0.15) is 0 Å². The molecule has 0 spiro atoms. The van der Waals surface area contributed by atoms with E-state index in [1.165, 1.54) is 6.33 Å². The molecule has 0 bridgehead atoms. The van der Waals surface area contributed by atoms with E-state index in [9.17, 15) is 9.59 Å². The molecule has 0 aliphatic rings. The standard InChI is InChI=1S/C24H20N6O2/c1-15-4-5-17(24(32)29-18-8-6-16(7-9-18)22(25)31)13-21(15)30-23-19(3-2-11-27-23)20-10-12-26-14-28-20/h2-14H,1H3,(H2,25,31)(H,27,30)(H,29,32). The van der Waals surface area contributed by atoms with Crippen LogP contribution >= 0.6 is 0 Å². The number of anilines is 3. The molecule has 0 atom stereocenters. The van der Waals surface area contributed by atoms with E-state index >= 15 is 0 Å². The Hall–Kier alpha value is -4.59. The van der Waals surface area contributed by atoms with E-state index in [0.717, 1.165) is 22.5 Å². The van der Waals surface area contributed by atoms with Crippen molar-refractivity contribution >= 4 is 29.0 Å². The minimum absolute atomic E-state index is 0.281. The number of benzene rings is 2. The summed E-state index contributed by atoms with van der Waals surface area (Å²) >= 11 is 0. The fourth-order valence-electron chi connectivity index (χ4n) is 3.11. The lowest BCUT2D eigenvalue weighted by Gasteiger charge is -2.14. The predicted molar refractivity (Wildman–Crippen MR) is 123 cm³/mol. The number of nitrogens with two attached hydrogens (primary N) is 1. The first-order valence-corrected chi connectivity index (χ1v) is 9.81. The number of aryl methyl sites for hydroxylation is 1. The summed E-state index contributed by atoms with van der Waals surface area (Å²) in [6, 6.07) is 17.3. The van der Waals surface area contributed by atoms with Gasteiger partial charge in [0.15, 0.2) is 0 Å². The number of nitrogens with zero attached hydrogens (tertiary/aromatic N) is 3. The zero-order chi connectivity index (χ0) is 22.5. The zero-order valence-electron chi connectivity index (χ0n) is 17.2. The van der Waals surface area contributed by atoms with Gasteiger partial charge >= 0.3 is 0 Å². The largest absolute Gasteiger partial charge is 0.366 e. The molecule has 2 aromatic heterocycles. The van der Waals surface area contributed by atoms with Crippen LogP contribution in [0.25, 0.3) is 11.3 Å². The first kappa shape index (κ1) is 20.7. The van der Waals surface area contributed by atoms with Crippen LogP contribution in [0.3, 0.4) is 0 Å². The lowest BCUT2D eigenvalue weighted by Crippen LogP contribution is -2.14. The number of nitrogens with one attached hydrogen (secondary N) is 2. The Morgan fingerprint density at radius 2 is 1.69 bits per heavy atom. The predicted octanol–water partition coefficient (Wildman–Crippen LogP) is 3.94. The lowest BCUT2D eigenvalue weighted by molar-refractivity contribution is 0.0998. The first-order valence-electron chi connectivity index (χ1n) is 9.81. The first-order chi connectivity index (χ1) is 15.5. The second-order valence-electron chi connectivity index (χ2n) is 7.04. The summed E-state index contributed by atoms with van der Waals surface area (Å²) in [6.07, 6.45) is 4.85. The molecule has 0 unspecified atom stereocenters. The van der Waals surface area contributed by atoms with Crippen LogP contribution in [0.1, 0.15) is 26.3 Å². The third kappa shape index (κ3) is 4.59. The van der Waals surface area contributed by atoms with Gasteiger partial charge in [-0.3, -0.25) is 9.59 Å². The van der Waals surface area contributed by atoms with Crippen molar-refractivity contribution in [3.8, 4) is 11.3 Å². The molecular weight excluding hydrogens is 404 g/mol. The molecule has 2 heterocycles. The number of primary amides is 1. The molecule has 2 amide bonds. The summed E-state index contributed by atoms with van der Waals surface area (Å²) in [5, 5.41) is 6.14. The number of rotatable bonds is 6. The summed E-state index contributed by atoms with van der Waals surface area (Å²) in [5.74, 6) is -0.182. The van der Waals surface area contributed by atoms with E-state index in [0.29, 0.717) is 22.6 Å². The number of amides is 2. The van der Waals surface area contributed by atoms with Gasteiger partial charge in [0.2, 0.25) is 5.91 Å². The smallest absolute Gasteiger partial charge is 0.255 e. The van der Waals surface area contributed by atoms with Crippen molar-refractivity contribution in [2.24, 2.45) is 5.73 Å². The molecule has 4 aromatic rings. The van der Waals surface area contributed by atoms with Crippen LogP contribution in [0.5, 0.6) is 0 Å².